The summed E-state index contributed by atoms with van der Waals surface area (Å²) in [6.07, 6.45) is 3.16. The highest BCUT2D eigenvalue weighted by Crippen LogP contribution is 2.19. The lowest BCUT2D eigenvalue weighted by Crippen LogP contribution is -2.55. The second-order valence-corrected chi connectivity index (χ2v) is 7.36. The number of para-hydroxylation sites is 1. The average Bonchev–Trinajstić information content (AvgIpc) is 2.70. The van der Waals surface area contributed by atoms with Gasteiger partial charge < -0.3 is 25.1 Å². The maximum Gasteiger partial charge on any atom is 0.317 e. The number of benzene rings is 1. The van der Waals surface area contributed by atoms with E-state index >= 15 is 0 Å². The van der Waals surface area contributed by atoms with E-state index in [4.69, 9.17) is 0 Å². The number of nitrogens with one attached hydrogen (secondary N) is 1. The van der Waals surface area contributed by atoms with Crippen molar-refractivity contribution in [3.05, 3.63) is 29.8 Å². The van der Waals surface area contributed by atoms with Gasteiger partial charge in [-0.05, 0) is 37.9 Å². The SMILES string of the molecule is CCCN1CCC(NC(=O)N2CCN(C(=O)c3ccccc3O)CC2)CC1. The van der Waals surface area contributed by atoms with E-state index in [1.54, 1.807) is 28.0 Å². The lowest BCUT2D eigenvalue weighted by Gasteiger charge is -2.37. The van der Waals surface area contributed by atoms with Gasteiger partial charge in [-0.2, -0.15) is 0 Å². The van der Waals surface area contributed by atoms with Crippen LogP contribution in [0.4, 0.5) is 4.79 Å². The minimum Gasteiger partial charge on any atom is -0.507 e. The van der Waals surface area contributed by atoms with Crippen LogP contribution in [0.3, 0.4) is 0 Å². The molecule has 1 aromatic carbocycles. The van der Waals surface area contributed by atoms with Crippen LogP contribution in [0, 0.1) is 0 Å². The highest BCUT2D eigenvalue weighted by Gasteiger charge is 2.28. The van der Waals surface area contributed by atoms with Crippen LogP contribution in [0.1, 0.15) is 36.5 Å². The fourth-order valence-corrected chi connectivity index (χ4v) is 3.82. The largest absolute Gasteiger partial charge is 0.507 e. The maximum atomic E-state index is 12.5. The van der Waals surface area contributed by atoms with Gasteiger partial charge in [0.15, 0.2) is 0 Å². The number of amides is 3. The van der Waals surface area contributed by atoms with Gasteiger partial charge in [-0.3, -0.25) is 4.79 Å². The quantitative estimate of drug-likeness (QED) is 0.842. The Labute approximate surface area is 160 Å². The van der Waals surface area contributed by atoms with Crippen LogP contribution in [-0.4, -0.2) is 83.6 Å². The first kappa shape index (κ1) is 19.5. The van der Waals surface area contributed by atoms with Gasteiger partial charge in [0, 0.05) is 45.3 Å². The third-order valence-electron chi connectivity index (χ3n) is 5.44. The molecular weight excluding hydrogens is 344 g/mol. The first-order chi connectivity index (χ1) is 13.1. The van der Waals surface area contributed by atoms with Gasteiger partial charge in [-0.15, -0.1) is 0 Å². The van der Waals surface area contributed by atoms with Crippen LogP contribution in [0.15, 0.2) is 24.3 Å². The van der Waals surface area contributed by atoms with Gasteiger partial charge in [0.1, 0.15) is 5.75 Å². The summed E-state index contributed by atoms with van der Waals surface area (Å²) >= 11 is 0. The molecule has 1 aromatic rings. The van der Waals surface area contributed by atoms with Crippen molar-refractivity contribution in [3.63, 3.8) is 0 Å². The Morgan fingerprint density at radius 1 is 1.04 bits per heavy atom. The predicted molar refractivity (Wildman–Crippen MR) is 104 cm³/mol. The molecule has 3 amide bonds. The predicted octanol–water partition coefficient (Wildman–Crippen LogP) is 1.73. The van der Waals surface area contributed by atoms with Crippen LogP contribution < -0.4 is 5.32 Å². The molecule has 3 rings (SSSR count). The number of carbonyl (C=O) groups is 2. The molecule has 27 heavy (non-hydrogen) atoms. The van der Waals surface area contributed by atoms with E-state index in [1.807, 2.05) is 0 Å². The second-order valence-electron chi connectivity index (χ2n) is 7.36. The van der Waals surface area contributed by atoms with Gasteiger partial charge in [-0.1, -0.05) is 19.1 Å². The molecule has 0 radical (unpaired) electrons. The van der Waals surface area contributed by atoms with Crippen molar-refractivity contribution in [2.45, 2.75) is 32.2 Å². The number of carbonyl (C=O) groups excluding carboxylic acids is 2. The molecule has 7 heteroatoms. The number of phenols is 1. The molecule has 2 aliphatic rings. The normalized spacial score (nSPS) is 19.1. The monoisotopic (exact) mass is 374 g/mol. The number of piperazine rings is 1. The number of urea groups is 1. The number of piperidine rings is 1. The van der Waals surface area contributed by atoms with Crippen molar-refractivity contribution >= 4 is 11.9 Å². The summed E-state index contributed by atoms with van der Waals surface area (Å²) in [5, 5.41) is 13.0. The molecule has 148 valence electrons. The minimum absolute atomic E-state index is 0.00270. The molecule has 0 bridgehead atoms. The Balaban J connectivity index is 1.44. The number of hydrogen-bond acceptors (Lipinski definition) is 4. The maximum absolute atomic E-state index is 12.5. The number of hydrogen-bond donors (Lipinski definition) is 2. The molecular formula is C20H30N4O3. The molecule has 0 saturated carbocycles. The van der Waals surface area contributed by atoms with Gasteiger partial charge in [0.05, 0.1) is 5.56 Å². The van der Waals surface area contributed by atoms with E-state index < -0.39 is 0 Å². The van der Waals surface area contributed by atoms with Crippen molar-refractivity contribution in [1.82, 2.24) is 20.0 Å². The summed E-state index contributed by atoms with van der Waals surface area (Å²) < 4.78 is 0. The average molecular weight is 374 g/mol. The van der Waals surface area contributed by atoms with Crippen LogP contribution in [-0.2, 0) is 0 Å². The zero-order valence-corrected chi connectivity index (χ0v) is 16.1. The summed E-state index contributed by atoms with van der Waals surface area (Å²) in [5.74, 6) is -0.187. The van der Waals surface area contributed by atoms with Crippen molar-refractivity contribution in [3.8, 4) is 5.75 Å². The van der Waals surface area contributed by atoms with Crippen LogP contribution in [0.5, 0.6) is 5.75 Å². The summed E-state index contributed by atoms with van der Waals surface area (Å²) in [6.45, 7) is 7.40. The molecule has 7 nitrogen and oxygen atoms in total. The standard InChI is InChI=1S/C20H30N4O3/c1-2-9-22-10-7-16(8-11-22)21-20(27)24-14-12-23(13-15-24)19(26)17-5-3-4-6-18(17)25/h3-6,16,25H,2,7-15H2,1H3,(H,21,27). The molecule has 2 fully saturated rings. The Morgan fingerprint density at radius 2 is 1.67 bits per heavy atom. The van der Waals surface area contributed by atoms with Crippen molar-refractivity contribution in [1.29, 1.82) is 0 Å². The van der Waals surface area contributed by atoms with E-state index in [9.17, 15) is 14.7 Å². The Kier molecular flexibility index (Phi) is 6.55. The molecule has 2 heterocycles. The fourth-order valence-electron chi connectivity index (χ4n) is 3.82. The molecule has 0 spiro atoms. The number of phenolic OH excluding ortho intramolecular Hbond substituents is 1. The smallest absolute Gasteiger partial charge is 0.317 e. The first-order valence-corrected chi connectivity index (χ1v) is 9.93. The fraction of sp³-hybridized carbons (Fsp3) is 0.600. The van der Waals surface area contributed by atoms with Gasteiger partial charge in [0.2, 0.25) is 0 Å². The van der Waals surface area contributed by atoms with Crippen molar-refractivity contribution < 1.29 is 14.7 Å². The number of rotatable bonds is 4. The van der Waals surface area contributed by atoms with Crippen LogP contribution in [0.2, 0.25) is 0 Å². The molecule has 0 unspecified atom stereocenters. The molecule has 0 aromatic heterocycles. The third-order valence-corrected chi connectivity index (χ3v) is 5.44. The number of likely N-dealkylation sites (tertiary alicyclic amines) is 1. The number of nitrogens with zero attached hydrogens (tertiary/aromatic N) is 3. The highest BCUT2D eigenvalue weighted by atomic mass is 16.3. The topological polar surface area (TPSA) is 76.1 Å². The third kappa shape index (κ3) is 4.91. The van der Waals surface area contributed by atoms with E-state index in [2.05, 4.69) is 17.1 Å². The van der Waals surface area contributed by atoms with Crippen LogP contribution >= 0.6 is 0 Å². The zero-order valence-electron chi connectivity index (χ0n) is 16.1. The Hall–Kier alpha value is -2.28. The lowest BCUT2D eigenvalue weighted by molar-refractivity contribution is 0.0658. The van der Waals surface area contributed by atoms with E-state index in [-0.39, 0.29) is 23.7 Å². The first-order valence-electron chi connectivity index (χ1n) is 9.93. The molecule has 2 N–H and O–H groups in total. The van der Waals surface area contributed by atoms with Gasteiger partial charge in [0.25, 0.3) is 5.91 Å². The van der Waals surface area contributed by atoms with Crippen molar-refractivity contribution in [2.75, 3.05) is 45.8 Å². The minimum atomic E-state index is -0.184. The van der Waals surface area contributed by atoms with E-state index in [0.717, 1.165) is 32.5 Å². The summed E-state index contributed by atoms with van der Waals surface area (Å²) in [7, 11) is 0. The highest BCUT2D eigenvalue weighted by molar-refractivity contribution is 5.97. The Bertz CT molecular complexity index is 650. The van der Waals surface area contributed by atoms with Crippen LogP contribution in [0.25, 0.3) is 0 Å². The summed E-state index contributed by atoms with van der Waals surface area (Å²) in [4.78, 5) is 31.0. The molecule has 0 aliphatic carbocycles. The van der Waals surface area contributed by atoms with E-state index in [1.165, 1.54) is 12.5 Å². The molecule has 2 aliphatic heterocycles. The van der Waals surface area contributed by atoms with Crippen molar-refractivity contribution in [2.24, 2.45) is 0 Å². The Morgan fingerprint density at radius 3 is 2.30 bits per heavy atom. The molecule has 2 saturated heterocycles. The lowest BCUT2D eigenvalue weighted by atomic mass is 10.1. The zero-order chi connectivity index (χ0) is 19.2. The van der Waals surface area contributed by atoms with Gasteiger partial charge >= 0.3 is 6.03 Å². The van der Waals surface area contributed by atoms with Gasteiger partial charge in [-0.25, -0.2) is 4.79 Å². The van der Waals surface area contributed by atoms with E-state index in [0.29, 0.717) is 31.7 Å². The molecule has 0 atom stereocenters. The summed E-state index contributed by atoms with van der Waals surface area (Å²) in [5.41, 5.74) is 0.314. The number of aromatic hydroxyl groups is 1. The summed E-state index contributed by atoms with van der Waals surface area (Å²) in [6, 6.07) is 6.79. The second kappa shape index (κ2) is 9.08.